The molecule has 2 aromatic heterocycles. The summed E-state index contributed by atoms with van der Waals surface area (Å²) < 4.78 is 12.6. The van der Waals surface area contributed by atoms with Crippen LogP contribution < -0.4 is 9.47 Å². The molecule has 0 saturated carbocycles. The van der Waals surface area contributed by atoms with Crippen molar-refractivity contribution in [1.29, 1.82) is 0 Å². The maximum Gasteiger partial charge on any atom is 0.315 e. The number of hydrogen-bond acceptors (Lipinski definition) is 8. The summed E-state index contributed by atoms with van der Waals surface area (Å²) in [6.45, 7) is 3.91. The van der Waals surface area contributed by atoms with Gasteiger partial charge in [0.05, 0.1) is 12.8 Å². The van der Waals surface area contributed by atoms with Crippen LogP contribution in [0.2, 0.25) is 0 Å². The molecule has 6 aromatic rings. The highest BCUT2D eigenvalue weighted by Crippen LogP contribution is 2.47. The molecule has 0 bridgehead atoms. The number of carbonyl (C=O) groups excluding carboxylic acids is 2. The number of carbonyl (C=O) groups is 2. The number of hydrogen-bond donors (Lipinski definition) is 0. The highest BCUT2D eigenvalue weighted by Gasteiger charge is 2.28. The maximum absolute atomic E-state index is 13.7. The van der Waals surface area contributed by atoms with Gasteiger partial charge in [-0.05, 0) is 122 Å². The summed E-state index contributed by atoms with van der Waals surface area (Å²) in [5.74, 6) is 1.60. The van der Waals surface area contributed by atoms with Gasteiger partial charge >= 0.3 is 11.9 Å². The van der Waals surface area contributed by atoms with Crippen LogP contribution in [0.3, 0.4) is 0 Å². The third-order valence-electron chi connectivity index (χ3n) is 10.4. The Morgan fingerprint density at radius 3 is 1.26 bits per heavy atom. The lowest BCUT2D eigenvalue weighted by atomic mass is 9.80. The lowest BCUT2D eigenvalue weighted by Gasteiger charge is -2.27. The molecule has 2 aliphatic carbocycles. The summed E-state index contributed by atoms with van der Waals surface area (Å²) in [7, 11) is 0. The Morgan fingerprint density at radius 1 is 0.500 bits per heavy atom. The van der Waals surface area contributed by atoms with Crippen molar-refractivity contribution < 1.29 is 19.1 Å². The third-order valence-corrected chi connectivity index (χ3v) is 10.4. The molecule has 270 valence electrons. The summed E-state index contributed by atoms with van der Waals surface area (Å²) >= 11 is 0. The van der Waals surface area contributed by atoms with Crippen LogP contribution in [0.1, 0.15) is 70.2 Å². The predicted octanol–water partition coefficient (Wildman–Crippen LogP) is 8.94. The zero-order valence-corrected chi connectivity index (χ0v) is 30.7. The summed E-state index contributed by atoms with van der Waals surface area (Å²) in [6, 6.07) is 23.5. The first-order valence-corrected chi connectivity index (χ1v) is 18.8. The topological polar surface area (TPSA) is 104 Å². The van der Waals surface area contributed by atoms with E-state index in [1.54, 1.807) is 24.8 Å². The molecule has 8 nitrogen and oxygen atoms in total. The minimum absolute atomic E-state index is 0.106. The average molecular weight is 715 g/mol. The number of aromatic nitrogens is 4. The largest absolute Gasteiger partial charge is 0.426 e. The standard InChI is InChI=1S/C46H42N4O4/c1-29-25-47-45(48-26-29)35-15-11-31(12-16-35)23-41(51)53-39-21-19-33-7-3-5-9-37(33)43(39)44-38-10-6-4-8-34(38)20-22-40(44)54-42(52)24-32-13-17-36(18-14-32)46-49-27-30(2)28-50-46/h11-22,25-28H,3-10,23-24H2,1-2H3. The molecular weight excluding hydrogens is 673 g/mol. The molecule has 2 heterocycles. The van der Waals surface area contributed by atoms with Crippen molar-refractivity contribution in [3.05, 3.63) is 142 Å². The molecule has 0 atom stereocenters. The van der Waals surface area contributed by atoms with Gasteiger partial charge in [-0.15, -0.1) is 0 Å². The molecule has 0 fully saturated rings. The number of esters is 2. The van der Waals surface area contributed by atoms with Crippen LogP contribution >= 0.6 is 0 Å². The van der Waals surface area contributed by atoms with Gasteiger partial charge in [0.1, 0.15) is 11.5 Å². The fourth-order valence-corrected chi connectivity index (χ4v) is 7.61. The van der Waals surface area contributed by atoms with Gasteiger partial charge in [0.15, 0.2) is 11.6 Å². The Hall–Kier alpha value is -6.02. The number of rotatable bonds is 9. The van der Waals surface area contributed by atoms with Gasteiger partial charge in [-0.1, -0.05) is 60.7 Å². The number of benzene rings is 4. The van der Waals surface area contributed by atoms with Crippen molar-refractivity contribution in [2.24, 2.45) is 0 Å². The molecule has 0 radical (unpaired) electrons. The molecule has 0 saturated heterocycles. The van der Waals surface area contributed by atoms with E-state index in [-0.39, 0.29) is 24.8 Å². The van der Waals surface area contributed by atoms with E-state index in [9.17, 15) is 9.59 Å². The van der Waals surface area contributed by atoms with Crippen LogP contribution in [0.25, 0.3) is 33.9 Å². The second-order valence-electron chi connectivity index (χ2n) is 14.4. The lowest BCUT2D eigenvalue weighted by Crippen LogP contribution is -2.17. The quantitative estimate of drug-likeness (QED) is 0.108. The van der Waals surface area contributed by atoms with Crippen LogP contribution in [-0.2, 0) is 48.1 Å². The van der Waals surface area contributed by atoms with E-state index >= 15 is 0 Å². The van der Waals surface area contributed by atoms with E-state index in [1.807, 2.05) is 74.5 Å². The van der Waals surface area contributed by atoms with Gasteiger partial charge in [-0.3, -0.25) is 9.59 Å². The molecule has 0 spiro atoms. The molecule has 0 amide bonds. The van der Waals surface area contributed by atoms with E-state index in [0.29, 0.717) is 23.1 Å². The van der Waals surface area contributed by atoms with Gasteiger partial charge in [0.25, 0.3) is 0 Å². The first-order valence-electron chi connectivity index (χ1n) is 18.8. The van der Waals surface area contributed by atoms with E-state index in [2.05, 4.69) is 32.1 Å². The SMILES string of the molecule is Cc1cnc(-c2ccc(CC(=O)Oc3ccc4c(c3-c3c(OC(=O)Cc5ccc(-c6ncc(C)cn6)cc5)ccc5c3CCCC5)CCCC4)cc2)nc1. The van der Waals surface area contributed by atoms with Crippen LogP contribution in [0.4, 0.5) is 0 Å². The van der Waals surface area contributed by atoms with Crippen molar-refractivity contribution in [3.63, 3.8) is 0 Å². The summed E-state index contributed by atoms with van der Waals surface area (Å²) in [4.78, 5) is 45.0. The van der Waals surface area contributed by atoms with Gasteiger partial charge in [-0.2, -0.15) is 0 Å². The molecule has 0 unspecified atom stereocenters. The van der Waals surface area contributed by atoms with Crippen LogP contribution in [0, 0.1) is 13.8 Å². The fourth-order valence-electron chi connectivity index (χ4n) is 7.61. The van der Waals surface area contributed by atoms with Gasteiger partial charge < -0.3 is 9.47 Å². The monoisotopic (exact) mass is 714 g/mol. The third kappa shape index (κ3) is 7.69. The van der Waals surface area contributed by atoms with E-state index in [4.69, 9.17) is 9.47 Å². The smallest absolute Gasteiger partial charge is 0.315 e. The minimum Gasteiger partial charge on any atom is -0.426 e. The zero-order valence-electron chi connectivity index (χ0n) is 30.7. The molecule has 0 aliphatic heterocycles. The minimum atomic E-state index is -0.353. The van der Waals surface area contributed by atoms with Gasteiger partial charge in [0, 0.05) is 47.0 Å². The van der Waals surface area contributed by atoms with E-state index in [0.717, 1.165) is 95.9 Å². The van der Waals surface area contributed by atoms with Crippen molar-refractivity contribution in [3.8, 4) is 45.4 Å². The number of nitrogens with zero attached hydrogens (tertiary/aromatic N) is 4. The second kappa shape index (κ2) is 15.5. The number of fused-ring (bicyclic) bond motifs is 2. The van der Waals surface area contributed by atoms with Crippen LogP contribution in [0.15, 0.2) is 97.6 Å². The van der Waals surface area contributed by atoms with Gasteiger partial charge in [-0.25, -0.2) is 19.9 Å². The number of aryl methyl sites for hydroxylation is 4. The van der Waals surface area contributed by atoms with E-state index in [1.165, 1.54) is 22.3 Å². The molecule has 8 rings (SSSR count). The lowest BCUT2D eigenvalue weighted by molar-refractivity contribution is -0.134. The molecule has 8 heteroatoms. The summed E-state index contributed by atoms with van der Waals surface area (Å²) in [6.07, 6.45) is 15.3. The zero-order chi connectivity index (χ0) is 37.0. The molecule has 0 N–H and O–H groups in total. The molecular formula is C46H42N4O4. The average Bonchev–Trinajstić information content (AvgIpc) is 3.19. The summed E-state index contributed by atoms with van der Waals surface area (Å²) in [5, 5.41) is 0. The Morgan fingerprint density at radius 2 is 0.870 bits per heavy atom. The van der Waals surface area contributed by atoms with E-state index < -0.39 is 0 Å². The Labute approximate surface area is 315 Å². The van der Waals surface area contributed by atoms with Crippen LogP contribution in [-0.4, -0.2) is 31.9 Å². The van der Waals surface area contributed by atoms with Crippen LogP contribution in [0.5, 0.6) is 11.5 Å². The Balaban J connectivity index is 1.08. The summed E-state index contributed by atoms with van der Waals surface area (Å²) in [5.41, 5.74) is 12.1. The molecule has 2 aliphatic rings. The molecule has 4 aromatic carbocycles. The Kier molecular flexibility index (Phi) is 10.1. The predicted molar refractivity (Wildman–Crippen MR) is 208 cm³/mol. The first-order chi connectivity index (χ1) is 26.4. The fraction of sp³-hybridized carbons (Fsp3) is 0.261. The maximum atomic E-state index is 13.7. The molecule has 54 heavy (non-hydrogen) atoms. The highest BCUT2D eigenvalue weighted by molar-refractivity contribution is 5.88. The van der Waals surface area contributed by atoms with Crippen molar-refractivity contribution >= 4 is 11.9 Å². The van der Waals surface area contributed by atoms with Crippen molar-refractivity contribution in [1.82, 2.24) is 19.9 Å². The second-order valence-corrected chi connectivity index (χ2v) is 14.4. The highest BCUT2D eigenvalue weighted by atomic mass is 16.5. The first kappa shape index (κ1) is 35.0. The van der Waals surface area contributed by atoms with Crippen molar-refractivity contribution in [2.45, 2.75) is 78.1 Å². The van der Waals surface area contributed by atoms with Crippen molar-refractivity contribution in [2.75, 3.05) is 0 Å². The normalized spacial score (nSPS) is 13.4. The Bertz CT molecular complexity index is 2150. The number of ether oxygens (including phenoxy) is 2. The van der Waals surface area contributed by atoms with Gasteiger partial charge in [0.2, 0.25) is 0 Å².